The summed E-state index contributed by atoms with van der Waals surface area (Å²) < 4.78 is 27.0. The number of likely N-dealkylation sites (tertiary alicyclic amines) is 1. The van der Waals surface area contributed by atoms with Crippen LogP contribution in [0.25, 0.3) is 11.1 Å². The number of rotatable bonds is 8. The zero-order chi connectivity index (χ0) is 20.1. The summed E-state index contributed by atoms with van der Waals surface area (Å²) in [6.07, 6.45) is 3.66. The summed E-state index contributed by atoms with van der Waals surface area (Å²) in [6, 6.07) is 15.5. The fourth-order valence-corrected chi connectivity index (χ4v) is 4.89. The van der Waals surface area contributed by atoms with Gasteiger partial charge in [-0.3, -0.25) is 0 Å². The van der Waals surface area contributed by atoms with Crippen LogP contribution in [0.1, 0.15) is 32.3 Å². The molecule has 0 amide bonds. The number of aliphatic hydroxyl groups is 1. The fraction of sp³-hybridized carbons (Fsp3) is 0.455. The molecule has 0 radical (unpaired) electrons. The van der Waals surface area contributed by atoms with Gasteiger partial charge in [0.2, 0.25) is 10.0 Å². The third-order valence-corrected chi connectivity index (χ3v) is 7.07. The molecular formula is C22H30N2O3S. The van der Waals surface area contributed by atoms with Crippen LogP contribution < -0.4 is 4.72 Å². The van der Waals surface area contributed by atoms with E-state index < -0.39 is 16.1 Å². The summed E-state index contributed by atoms with van der Waals surface area (Å²) >= 11 is 0. The minimum Gasteiger partial charge on any atom is -0.395 e. The molecule has 1 saturated heterocycles. The predicted molar refractivity (Wildman–Crippen MR) is 113 cm³/mol. The Morgan fingerprint density at radius 2 is 1.71 bits per heavy atom. The first kappa shape index (κ1) is 21.0. The highest BCUT2D eigenvalue weighted by atomic mass is 32.2. The second kappa shape index (κ2) is 9.18. The number of hydrogen-bond donors (Lipinski definition) is 2. The van der Waals surface area contributed by atoms with E-state index in [1.165, 1.54) is 24.9 Å². The van der Waals surface area contributed by atoms with Gasteiger partial charge in [0, 0.05) is 18.6 Å². The van der Waals surface area contributed by atoms with Crippen molar-refractivity contribution in [1.82, 2.24) is 9.62 Å². The summed E-state index contributed by atoms with van der Waals surface area (Å²) in [5, 5.41) is 9.04. The van der Waals surface area contributed by atoms with Gasteiger partial charge in [0.05, 0.1) is 11.5 Å². The SMILES string of the molecule is CC(CO)NS(=O)(=O)c1ccc(-c2ccc(CCN3CCCC3C)cc2)cc1. The van der Waals surface area contributed by atoms with E-state index in [-0.39, 0.29) is 11.5 Å². The van der Waals surface area contributed by atoms with Crippen molar-refractivity contribution in [2.75, 3.05) is 19.7 Å². The van der Waals surface area contributed by atoms with Crippen molar-refractivity contribution in [1.29, 1.82) is 0 Å². The van der Waals surface area contributed by atoms with E-state index in [4.69, 9.17) is 5.11 Å². The maximum Gasteiger partial charge on any atom is 0.240 e. The second-order valence-corrected chi connectivity index (χ2v) is 9.42. The molecule has 152 valence electrons. The minimum absolute atomic E-state index is 0.202. The van der Waals surface area contributed by atoms with Crippen molar-refractivity contribution >= 4 is 10.0 Å². The van der Waals surface area contributed by atoms with Crippen LogP contribution in [-0.4, -0.2) is 50.2 Å². The average Bonchev–Trinajstić information content (AvgIpc) is 3.11. The molecule has 0 spiro atoms. The third kappa shape index (κ3) is 5.20. The van der Waals surface area contributed by atoms with Crippen molar-refractivity contribution in [2.45, 2.75) is 50.1 Å². The first-order valence-corrected chi connectivity index (χ1v) is 11.4. The molecule has 2 aromatic carbocycles. The molecule has 2 aromatic rings. The molecule has 1 aliphatic heterocycles. The lowest BCUT2D eigenvalue weighted by Crippen LogP contribution is -2.34. The Kier molecular flexibility index (Phi) is 6.88. The zero-order valence-corrected chi connectivity index (χ0v) is 17.5. The lowest BCUT2D eigenvalue weighted by Gasteiger charge is -2.20. The van der Waals surface area contributed by atoms with Crippen molar-refractivity contribution in [2.24, 2.45) is 0 Å². The van der Waals surface area contributed by atoms with Crippen LogP contribution in [0.2, 0.25) is 0 Å². The Morgan fingerprint density at radius 3 is 2.25 bits per heavy atom. The second-order valence-electron chi connectivity index (χ2n) is 7.70. The van der Waals surface area contributed by atoms with E-state index in [2.05, 4.69) is 40.8 Å². The van der Waals surface area contributed by atoms with Gasteiger partial charge in [0.15, 0.2) is 0 Å². The number of sulfonamides is 1. The van der Waals surface area contributed by atoms with Gasteiger partial charge in [0.25, 0.3) is 0 Å². The largest absolute Gasteiger partial charge is 0.395 e. The molecule has 1 fully saturated rings. The third-order valence-electron chi connectivity index (χ3n) is 5.46. The number of benzene rings is 2. The molecule has 28 heavy (non-hydrogen) atoms. The van der Waals surface area contributed by atoms with Gasteiger partial charge >= 0.3 is 0 Å². The van der Waals surface area contributed by atoms with E-state index in [1.807, 2.05) is 12.1 Å². The summed E-state index contributed by atoms with van der Waals surface area (Å²) in [5.41, 5.74) is 3.37. The van der Waals surface area contributed by atoms with Crippen molar-refractivity contribution < 1.29 is 13.5 Å². The molecular weight excluding hydrogens is 372 g/mol. The highest BCUT2D eigenvalue weighted by Crippen LogP contribution is 2.23. The van der Waals surface area contributed by atoms with Gasteiger partial charge in [-0.1, -0.05) is 36.4 Å². The first-order chi connectivity index (χ1) is 13.4. The maximum atomic E-state index is 12.3. The number of nitrogens with one attached hydrogen (secondary N) is 1. The van der Waals surface area contributed by atoms with Crippen molar-refractivity contribution in [3.05, 3.63) is 54.1 Å². The lowest BCUT2D eigenvalue weighted by atomic mass is 10.0. The monoisotopic (exact) mass is 402 g/mol. The summed E-state index contributed by atoms with van der Waals surface area (Å²) in [6.45, 7) is 6.00. The van der Waals surface area contributed by atoms with E-state index in [0.717, 1.165) is 24.1 Å². The zero-order valence-electron chi connectivity index (χ0n) is 16.6. The molecule has 0 aliphatic carbocycles. The van der Waals surface area contributed by atoms with E-state index >= 15 is 0 Å². The van der Waals surface area contributed by atoms with Gasteiger partial charge in [0.1, 0.15) is 0 Å². The number of hydrogen-bond acceptors (Lipinski definition) is 4. The lowest BCUT2D eigenvalue weighted by molar-refractivity contribution is 0.265. The highest BCUT2D eigenvalue weighted by molar-refractivity contribution is 7.89. The molecule has 0 aromatic heterocycles. The molecule has 0 saturated carbocycles. The van der Waals surface area contributed by atoms with E-state index in [0.29, 0.717) is 6.04 Å². The standard InChI is InChI=1S/C22H30N2O3S/c1-17(16-25)23-28(26,27)22-11-9-21(10-12-22)20-7-5-19(6-8-20)13-15-24-14-3-4-18(24)2/h5-12,17-18,23,25H,3-4,13-16H2,1-2H3. The van der Waals surface area contributed by atoms with Gasteiger partial charge in [-0.05, 0) is 68.5 Å². The van der Waals surface area contributed by atoms with Crippen LogP contribution in [0.5, 0.6) is 0 Å². The Hall–Kier alpha value is -1.73. The Bertz CT molecular complexity index is 864. The van der Waals surface area contributed by atoms with Gasteiger partial charge in [-0.2, -0.15) is 0 Å². The molecule has 2 N–H and O–H groups in total. The van der Waals surface area contributed by atoms with Crippen LogP contribution in [-0.2, 0) is 16.4 Å². The highest BCUT2D eigenvalue weighted by Gasteiger charge is 2.19. The van der Waals surface area contributed by atoms with Crippen LogP contribution in [0, 0.1) is 0 Å². The Balaban J connectivity index is 1.64. The molecule has 0 bridgehead atoms. The van der Waals surface area contributed by atoms with E-state index in [1.54, 1.807) is 19.1 Å². The summed E-state index contributed by atoms with van der Waals surface area (Å²) in [7, 11) is -3.61. The molecule has 1 heterocycles. The van der Waals surface area contributed by atoms with Crippen molar-refractivity contribution in [3.8, 4) is 11.1 Å². The molecule has 3 rings (SSSR count). The van der Waals surface area contributed by atoms with E-state index in [9.17, 15) is 8.42 Å². The van der Waals surface area contributed by atoms with Gasteiger partial charge in [-0.25, -0.2) is 13.1 Å². The van der Waals surface area contributed by atoms with Crippen LogP contribution in [0.4, 0.5) is 0 Å². The van der Waals surface area contributed by atoms with Gasteiger partial charge in [-0.15, -0.1) is 0 Å². The van der Waals surface area contributed by atoms with Crippen LogP contribution in [0.3, 0.4) is 0 Å². The Labute approximate surface area is 168 Å². The summed E-state index contributed by atoms with van der Waals surface area (Å²) in [4.78, 5) is 2.76. The predicted octanol–water partition coefficient (Wildman–Crippen LogP) is 3.04. The normalized spacial score (nSPS) is 19.0. The average molecular weight is 403 g/mol. The van der Waals surface area contributed by atoms with Crippen LogP contribution >= 0.6 is 0 Å². The molecule has 2 atom stereocenters. The molecule has 1 aliphatic rings. The number of aliphatic hydroxyl groups excluding tert-OH is 1. The quantitative estimate of drug-likeness (QED) is 0.712. The smallest absolute Gasteiger partial charge is 0.240 e. The molecule has 6 heteroatoms. The van der Waals surface area contributed by atoms with Crippen LogP contribution in [0.15, 0.2) is 53.4 Å². The minimum atomic E-state index is -3.61. The topological polar surface area (TPSA) is 69.6 Å². The molecule has 5 nitrogen and oxygen atoms in total. The van der Waals surface area contributed by atoms with Crippen molar-refractivity contribution in [3.63, 3.8) is 0 Å². The maximum absolute atomic E-state index is 12.3. The van der Waals surface area contributed by atoms with Gasteiger partial charge < -0.3 is 10.0 Å². The number of nitrogens with zero attached hydrogens (tertiary/aromatic N) is 1. The first-order valence-electron chi connectivity index (χ1n) is 9.95. The Morgan fingerprint density at radius 1 is 1.11 bits per heavy atom. The fourth-order valence-electron chi connectivity index (χ4n) is 3.66. The molecule has 2 unspecified atom stereocenters. The summed E-state index contributed by atoms with van der Waals surface area (Å²) in [5.74, 6) is 0.